The maximum Gasteiger partial charge on any atom is 0.126 e. The van der Waals surface area contributed by atoms with E-state index in [-0.39, 0.29) is 0 Å². The molecule has 0 heterocycles. The number of phenolic OH excluding ortho intramolecular Hbond substituents is 1. The SMILES string of the molecule is CN=Cc1ccccc1Pc1cccc(Cc2ccccc2)c1O. The van der Waals surface area contributed by atoms with Crippen LogP contribution in [0.25, 0.3) is 0 Å². The Balaban J connectivity index is 1.89. The minimum Gasteiger partial charge on any atom is -0.507 e. The van der Waals surface area contributed by atoms with Crippen molar-refractivity contribution in [2.45, 2.75) is 6.42 Å². The molecule has 24 heavy (non-hydrogen) atoms. The van der Waals surface area contributed by atoms with Crippen LogP contribution in [0.5, 0.6) is 5.75 Å². The highest BCUT2D eigenvalue weighted by Crippen LogP contribution is 2.25. The Kier molecular flexibility index (Phi) is 5.40. The van der Waals surface area contributed by atoms with E-state index in [4.69, 9.17) is 0 Å². The van der Waals surface area contributed by atoms with Crippen molar-refractivity contribution in [1.29, 1.82) is 0 Å². The summed E-state index contributed by atoms with van der Waals surface area (Å²) in [5.41, 5.74) is 3.27. The molecule has 120 valence electrons. The number of para-hydroxylation sites is 1. The molecule has 2 nitrogen and oxygen atoms in total. The molecule has 3 rings (SSSR count). The molecule has 0 radical (unpaired) electrons. The van der Waals surface area contributed by atoms with Gasteiger partial charge in [-0.3, -0.25) is 4.99 Å². The Morgan fingerprint density at radius 3 is 2.38 bits per heavy atom. The second-order valence-corrected chi connectivity index (χ2v) is 6.90. The fourth-order valence-corrected chi connectivity index (χ4v) is 3.88. The molecule has 0 aromatic heterocycles. The highest BCUT2D eigenvalue weighted by atomic mass is 31.1. The van der Waals surface area contributed by atoms with Gasteiger partial charge < -0.3 is 5.11 Å². The average molecular weight is 333 g/mol. The summed E-state index contributed by atoms with van der Waals surface area (Å²) in [5.74, 6) is 0.405. The molecular formula is C21H20NOP. The maximum atomic E-state index is 10.7. The van der Waals surface area contributed by atoms with Gasteiger partial charge in [-0.15, -0.1) is 0 Å². The Labute approximate surface area is 144 Å². The molecule has 0 aliphatic carbocycles. The second kappa shape index (κ2) is 7.90. The van der Waals surface area contributed by atoms with Crippen molar-refractivity contribution in [3.63, 3.8) is 0 Å². The highest BCUT2D eigenvalue weighted by molar-refractivity contribution is 7.56. The van der Waals surface area contributed by atoms with Crippen LogP contribution in [0.2, 0.25) is 0 Å². The monoisotopic (exact) mass is 333 g/mol. The van der Waals surface area contributed by atoms with Crippen molar-refractivity contribution in [3.8, 4) is 5.75 Å². The van der Waals surface area contributed by atoms with Crippen LogP contribution in [0.1, 0.15) is 16.7 Å². The summed E-state index contributed by atoms with van der Waals surface area (Å²) in [6.45, 7) is 0. The first kappa shape index (κ1) is 16.4. The number of benzene rings is 3. The number of rotatable bonds is 5. The summed E-state index contributed by atoms with van der Waals surface area (Å²) in [5, 5.41) is 12.9. The zero-order valence-electron chi connectivity index (χ0n) is 13.6. The summed E-state index contributed by atoms with van der Waals surface area (Å²) in [6, 6.07) is 24.4. The first-order valence-electron chi connectivity index (χ1n) is 7.91. The Morgan fingerprint density at radius 2 is 1.58 bits per heavy atom. The van der Waals surface area contributed by atoms with E-state index in [1.807, 2.05) is 54.7 Å². The Bertz CT molecular complexity index is 843. The quantitative estimate of drug-likeness (QED) is 0.561. The third-order valence-electron chi connectivity index (χ3n) is 3.86. The van der Waals surface area contributed by atoms with Crippen molar-refractivity contribution in [2.75, 3.05) is 7.05 Å². The van der Waals surface area contributed by atoms with Gasteiger partial charge >= 0.3 is 0 Å². The standard InChI is InChI=1S/C21H20NOP/c1-22-15-18-10-5-6-12-19(18)24-20-13-7-11-17(21(20)23)14-16-8-3-2-4-9-16/h2-13,15,23-24H,14H2,1H3. The predicted octanol–water partition coefficient (Wildman–Crippen LogP) is 3.66. The molecule has 0 amide bonds. The van der Waals surface area contributed by atoms with E-state index in [2.05, 4.69) is 29.3 Å². The molecule has 1 atom stereocenters. The molecule has 0 fully saturated rings. The lowest BCUT2D eigenvalue weighted by Gasteiger charge is -2.11. The van der Waals surface area contributed by atoms with Gasteiger partial charge in [0.15, 0.2) is 0 Å². The van der Waals surface area contributed by atoms with Crippen LogP contribution in [-0.2, 0) is 6.42 Å². The van der Waals surface area contributed by atoms with Gasteiger partial charge in [-0.2, -0.15) is 0 Å². The van der Waals surface area contributed by atoms with Gasteiger partial charge in [0.2, 0.25) is 0 Å². The molecule has 3 heteroatoms. The number of aromatic hydroxyl groups is 1. The van der Waals surface area contributed by atoms with Gasteiger partial charge in [-0.1, -0.05) is 81.4 Å². The highest BCUT2D eigenvalue weighted by Gasteiger charge is 2.10. The number of hydrogen-bond acceptors (Lipinski definition) is 2. The van der Waals surface area contributed by atoms with Gasteiger partial charge in [0.05, 0.1) is 0 Å². The van der Waals surface area contributed by atoms with Crippen LogP contribution in [0.4, 0.5) is 0 Å². The first-order valence-corrected chi connectivity index (χ1v) is 8.91. The zero-order chi connectivity index (χ0) is 16.8. The molecular weight excluding hydrogens is 313 g/mol. The molecule has 0 saturated heterocycles. The van der Waals surface area contributed by atoms with Crippen LogP contribution < -0.4 is 10.6 Å². The zero-order valence-corrected chi connectivity index (χ0v) is 14.6. The normalized spacial score (nSPS) is 11.5. The lowest BCUT2D eigenvalue weighted by Crippen LogP contribution is -2.10. The number of phenols is 1. The summed E-state index contributed by atoms with van der Waals surface area (Å²) in [6.07, 6.45) is 2.61. The Hall–Kier alpha value is -2.44. The largest absolute Gasteiger partial charge is 0.507 e. The van der Waals surface area contributed by atoms with Crippen LogP contribution in [0.15, 0.2) is 77.8 Å². The van der Waals surface area contributed by atoms with E-state index in [0.29, 0.717) is 14.3 Å². The number of aliphatic imine (C=N–C) groups is 1. The predicted molar refractivity (Wildman–Crippen MR) is 105 cm³/mol. The van der Waals surface area contributed by atoms with E-state index in [1.54, 1.807) is 7.05 Å². The van der Waals surface area contributed by atoms with E-state index >= 15 is 0 Å². The third-order valence-corrected chi connectivity index (χ3v) is 5.25. The summed E-state index contributed by atoms with van der Waals surface area (Å²) in [4.78, 5) is 4.12. The molecule has 0 bridgehead atoms. The molecule has 1 unspecified atom stereocenters. The van der Waals surface area contributed by atoms with Gasteiger partial charge in [0, 0.05) is 25.0 Å². The molecule has 0 spiro atoms. The van der Waals surface area contributed by atoms with Crippen LogP contribution in [0, 0.1) is 0 Å². The van der Waals surface area contributed by atoms with Gasteiger partial charge in [-0.05, 0) is 22.0 Å². The van der Waals surface area contributed by atoms with Crippen molar-refractivity contribution < 1.29 is 5.11 Å². The molecule has 0 saturated carbocycles. The van der Waals surface area contributed by atoms with Crippen molar-refractivity contribution in [1.82, 2.24) is 0 Å². The lowest BCUT2D eigenvalue weighted by molar-refractivity contribution is 0.474. The van der Waals surface area contributed by atoms with Crippen LogP contribution in [-0.4, -0.2) is 18.4 Å². The van der Waals surface area contributed by atoms with Crippen molar-refractivity contribution >= 4 is 25.4 Å². The smallest absolute Gasteiger partial charge is 0.126 e. The van der Waals surface area contributed by atoms with Crippen LogP contribution in [0.3, 0.4) is 0 Å². The summed E-state index contributed by atoms with van der Waals surface area (Å²) >= 11 is 0. The minimum absolute atomic E-state index is 0.400. The van der Waals surface area contributed by atoms with Gasteiger partial charge in [0.1, 0.15) is 5.75 Å². The number of nitrogens with zero attached hydrogens (tertiary/aromatic N) is 1. The van der Waals surface area contributed by atoms with Crippen molar-refractivity contribution in [3.05, 3.63) is 89.5 Å². The van der Waals surface area contributed by atoms with Gasteiger partial charge in [-0.25, -0.2) is 0 Å². The molecule has 0 aliphatic rings. The summed E-state index contributed by atoms with van der Waals surface area (Å²) < 4.78 is 0. The minimum atomic E-state index is 0.400. The van der Waals surface area contributed by atoms with E-state index in [1.165, 1.54) is 10.9 Å². The third kappa shape index (κ3) is 3.90. The molecule has 3 aromatic carbocycles. The average Bonchev–Trinajstić information content (AvgIpc) is 2.61. The van der Waals surface area contributed by atoms with Crippen molar-refractivity contribution in [2.24, 2.45) is 4.99 Å². The fourth-order valence-electron chi connectivity index (χ4n) is 2.66. The first-order chi connectivity index (χ1) is 11.8. The molecule has 0 aliphatic heterocycles. The van der Waals surface area contributed by atoms with E-state index in [0.717, 1.165) is 22.9 Å². The second-order valence-electron chi connectivity index (χ2n) is 5.58. The van der Waals surface area contributed by atoms with E-state index < -0.39 is 0 Å². The number of hydrogen-bond donors (Lipinski definition) is 1. The fraction of sp³-hybridized carbons (Fsp3) is 0.0952. The van der Waals surface area contributed by atoms with E-state index in [9.17, 15) is 5.11 Å². The molecule has 1 N–H and O–H groups in total. The molecule has 3 aromatic rings. The lowest BCUT2D eigenvalue weighted by atomic mass is 10.0. The topological polar surface area (TPSA) is 32.6 Å². The van der Waals surface area contributed by atoms with Crippen LogP contribution >= 0.6 is 8.58 Å². The summed E-state index contributed by atoms with van der Waals surface area (Å²) in [7, 11) is 2.18. The maximum absolute atomic E-state index is 10.7. The Morgan fingerprint density at radius 1 is 0.875 bits per heavy atom. The van der Waals surface area contributed by atoms with Gasteiger partial charge in [0.25, 0.3) is 0 Å².